The van der Waals surface area contributed by atoms with Gasteiger partial charge in [0.25, 0.3) is 0 Å². The lowest BCUT2D eigenvalue weighted by Gasteiger charge is -2.17. The zero-order chi connectivity index (χ0) is 12.6. The van der Waals surface area contributed by atoms with Gasteiger partial charge in [0.15, 0.2) is 11.6 Å². The molecule has 1 heterocycles. The minimum absolute atomic E-state index is 0.286. The van der Waals surface area contributed by atoms with Crippen molar-refractivity contribution in [2.24, 2.45) is 5.92 Å². The Morgan fingerprint density at radius 2 is 2.00 bits per heavy atom. The summed E-state index contributed by atoms with van der Waals surface area (Å²) in [5.41, 5.74) is 5.98. The van der Waals surface area contributed by atoms with Crippen molar-refractivity contribution in [1.29, 1.82) is 0 Å². The lowest BCUT2D eigenvalue weighted by atomic mass is 9.90. The molecule has 3 N–H and O–H groups in total. The van der Waals surface area contributed by atoms with Crippen LogP contribution < -0.4 is 10.9 Å². The molecule has 6 heteroatoms. The molecule has 1 aromatic carbocycles. The van der Waals surface area contributed by atoms with E-state index in [0.717, 1.165) is 12.1 Å². The average molecular weight is 242 g/mol. The molecule has 3 atom stereocenters. The summed E-state index contributed by atoms with van der Waals surface area (Å²) in [6, 6.07) is 2.53. The van der Waals surface area contributed by atoms with Crippen LogP contribution in [-0.2, 0) is 4.79 Å². The van der Waals surface area contributed by atoms with Crippen LogP contribution in [0, 0.1) is 17.6 Å². The SMILES string of the molecule is CC1NNC(c2ccc(F)c(F)c2)C1C(=O)O. The predicted octanol–water partition coefficient (Wildman–Crippen LogP) is 1.20. The van der Waals surface area contributed by atoms with E-state index in [9.17, 15) is 13.6 Å². The maximum atomic E-state index is 13.1. The molecule has 1 fully saturated rings. The molecule has 0 aromatic heterocycles. The van der Waals surface area contributed by atoms with E-state index >= 15 is 0 Å². The first-order valence-corrected chi connectivity index (χ1v) is 5.19. The molecule has 1 aliphatic heterocycles. The van der Waals surface area contributed by atoms with Gasteiger partial charge in [-0.05, 0) is 24.6 Å². The van der Waals surface area contributed by atoms with E-state index in [4.69, 9.17) is 5.11 Å². The topological polar surface area (TPSA) is 61.4 Å². The van der Waals surface area contributed by atoms with Crippen LogP contribution in [0.2, 0.25) is 0 Å². The third-order valence-corrected chi connectivity index (χ3v) is 2.95. The number of carboxylic acids is 1. The smallest absolute Gasteiger partial charge is 0.310 e. The van der Waals surface area contributed by atoms with Gasteiger partial charge >= 0.3 is 5.97 Å². The highest BCUT2D eigenvalue weighted by molar-refractivity contribution is 5.72. The van der Waals surface area contributed by atoms with Crippen molar-refractivity contribution in [2.75, 3.05) is 0 Å². The molecule has 3 unspecified atom stereocenters. The molecule has 0 bridgehead atoms. The maximum absolute atomic E-state index is 13.1. The third-order valence-electron chi connectivity index (χ3n) is 2.95. The molecule has 92 valence electrons. The second kappa shape index (κ2) is 4.38. The summed E-state index contributed by atoms with van der Waals surface area (Å²) in [6.45, 7) is 1.71. The molecular weight excluding hydrogens is 230 g/mol. The Morgan fingerprint density at radius 1 is 1.29 bits per heavy atom. The first-order valence-electron chi connectivity index (χ1n) is 5.19. The largest absolute Gasteiger partial charge is 0.481 e. The lowest BCUT2D eigenvalue weighted by molar-refractivity contribution is -0.142. The highest BCUT2D eigenvalue weighted by Gasteiger charge is 2.39. The normalized spacial score (nSPS) is 28.3. The molecule has 1 saturated heterocycles. The van der Waals surface area contributed by atoms with Crippen molar-refractivity contribution in [2.45, 2.75) is 19.0 Å². The van der Waals surface area contributed by atoms with E-state index in [0.29, 0.717) is 5.56 Å². The van der Waals surface area contributed by atoms with Gasteiger partial charge in [-0.25, -0.2) is 14.2 Å². The van der Waals surface area contributed by atoms with E-state index in [2.05, 4.69) is 10.9 Å². The van der Waals surface area contributed by atoms with Gasteiger partial charge in [0.2, 0.25) is 0 Å². The minimum atomic E-state index is -0.982. The number of carboxylic acid groups (broad SMARTS) is 1. The Hall–Kier alpha value is -1.53. The number of carbonyl (C=O) groups is 1. The fourth-order valence-electron chi connectivity index (χ4n) is 2.04. The highest BCUT2D eigenvalue weighted by Crippen LogP contribution is 2.29. The number of hydrazine groups is 1. The number of rotatable bonds is 2. The minimum Gasteiger partial charge on any atom is -0.481 e. The quantitative estimate of drug-likeness (QED) is 0.729. The van der Waals surface area contributed by atoms with E-state index in [1.165, 1.54) is 6.07 Å². The first-order chi connectivity index (χ1) is 8.00. The Bertz CT molecular complexity index is 453. The molecule has 0 amide bonds. The van der Waals surface area contributed by atoms with Crippen molar-refractivity contribution < 1.29 is 18.7 Å². The van der Waals surface area contributed by atoms with Gasteiger partial charge < -0.3 is 5.11 Å². The van der Waals surface area contributed by atoms with Gasteiger partial charge in [-0.1, -0.05) is 6.07 Å². The number of hydrogen-bond donors (Lipinski definition) is 3. The summed E-state index contributed by atoms with van der Waals surface area (Å²) in [5, 5.41) is 9.09. The van der Waals surface area contributed by atoms with Crippen LogP contribution in [-0.4, -0.2) is 17.1 Å². The third kappa shape index (κ3) is 2.13. The fraction of sp³-hybridized carbons (Fsp3) is 0.364. The Balaban J connectivity index is 2.32. The van der Waals surface area contributed by atoms with Crippen LogP contribution in [0.3, 0.4) is 0 Å². The summed E-state index contributed by atoms with van der Waals surface area (Å²) in [7, 11) is 0. The number of hydrogen-bond acceptors (Lipinski definition) is 3. The van der Waals surface area contributed by atoms with E-state index < -0.39 is 29.6 Å². The molecule has 17 heavy (non-hydrogen) atoms. The molecule has 0 aliphatic carbocycles. The van der Waals surface area contributed by atoms with Crippen LogP contribution in [0.1, 0.15) is 18.5 Å². The summed E-state index contributed by atoms with van der Waals surface area (Å²) in [5.74, 6) is -3.63. The molecular formula is C11H12F2N2O2. The van der Waals surface area contributed by atoms with Crippen molar-refractivity contribution in [3.63, 3.8) is 0 Å². The Labute approximate surface area is 96.6 Å². The van der Waals surface area contributed by atoms with E-state index in [-0.39, 0.29) is 6.04 Å². The van der Waals surface area contributed by atoms with Crippen LogP contribution >= 0.6 is 0 Å². The number of nitrogens with one attached hydrogen (secondary N) is 2. The molecule has 2 rings (SSSR count). The van der Waals surface area contributed by atoms with Crippen molar-refractivity contribution in [3.05, 3.63) is 35.4 Å². The van der Waals surface area contributed by atoms with Gasteiger partial charge in [0.05, 0.1) is 12.0 Å². The molecule has 1 aromatic rings. The number of halogens is 2. The predicted molar refractivity (Wildman–Crippen MR) is 56.0 cm³/mol. The Morgan fingerprint density at radius 3 is 2.59 bits per heavy atom. The lowest BCUT2D eigenvalue weighted by Crippen LogP contribution is -2.30. The standard InChI is InChI=1S/C11H12F2N2O2/c1-5-9(11(16)17)10(15-14-5)6-2-3-7(12)8(13)4-6/h2-5,9-10,14-15H,1H3,(H,16,17). The summed E-state index contributed by atoms with van der Waals surface area (Å²) >= 11 is 0. The van der Waals surface area contributed by atoms with Gasteiger partial charge in [-0.2, -0.15) is 0 Å². The van der Waals surface area contributed by atoms with Crippen LogP contribution in [0.25, 0.3) is 0 Å². The number of benzene rings is 1. The fourth-order valence-corrected chi connectivity index (χ4v) is 2.04. The Kier molecular flexibility index (Phi) is 3.08. The number of aliphatic carboxylic acids is 1. The van der Waals surface area contributed by atoms with Crippen LogP contribution in [0.15, 0.2) is 18.2 Å². The maximum Gasteiger partial charge on any atom is 0.310 e. The van der Waals surface area contributed by atoms with Crippen molar-refractivity contribution in [3.8, 4) is 0 Å². The van der Waals surface area contributed by atoms with Gasteiger partial charge in [0.1, 0.15) is 0 Å². The average Bonchev–Trinajstić information content (AvgIpc) is 2.64. The van der Waals surface area contributed by atoms with Gasteiger partial charge in [-0.3, -0.25) is 10.2 Å². The summed E-state index contributed by atoms with van der Waals surface area (Å²) in [4.78, 5) is 11.1. The van der Waals surface area contributed by atoms with Crippen molar-refractivity contribution >= 4 is 5.97 Å². The van der Waals surface area contributed by atoms with Crippen LogP contribution in [0.5, 0.6) is 0 Å². The van der Waals surface area contributed by atoms with Crippen LogP contribution in [0.4, 0.5) is 8.78 Å². The van der Waals surface area contributed by atoms with E-state index in [1.54, 1.807) is 6.92 Å². The molecule has 4 nitrogen and oxygen atoms in total. The first kappa shape index (κ1) is 11.9. The summed E-state index contributed by atoms with van der Waals surface area (Å²) < 4.78 is 25.9. The molecule has 0 spiro atoms. The zero-order valence-corrected chi connectivity index (χ0v) is 9.08. The molecule has 0 radical (unpaired) electrons. The summed E-state index contributed by atoms with van der Waals surface area (Å²) in [6.07, 6.45) is 0. The van der Waals surface area contributed by atoms with Gasteiger partial charge in [-0.15, -0.1) is 0 Å². The second-order valence-corrected chi connectivity index (χ2v) is 4.09. The second-order valence-electron chi connectivity index (χ2n) is 4.09. The highest BCUT2D eigenvalue weighted by atomic mass is 19.2. The monoisotopic (exact) mass is 242 g/mol. The van der Waals surface area contributed by atoms with Gasteiger partial charge in [0, 0.05) is 6.04 Å². The zero-order valence-electron chi connectivity index (χ0n) is 9.08. The van der Waals surface area contributed by atoms with E-state index in [1.807, 2.05) is 0 Å². The molecule has 0 saturated carbocycles. The molecule has 1 aliphatic rings. The van der Waals surface area contributed by atoms with Crippen molar-refractivity contribution in [1.82, 2.24) is 10.9 Å².